The fourth-order valence-corrected chi connectivity index (χ4v) is 7.68. The molecule has 0 radical (unpaired) electrons. The largest absolute Gasteiger partial charge is 0.472 e. The molecule has 4 atom stereocenters. The molecule has 4 rings (SSSR count). The van der Waals surface area contributed by atoms with Crippen molar-refractivity contribution in [3.63, 3.8) is 0 Å². The minimum Gasteiger partial charge on any atom is -0.382 e. The molecule has 3 N–H and O–H groups in total. The summed E-state index contributed by atoms with van der Waals surface area (Å²) in [6.07, 6.45) is 21.7. The SMILES string of the molecule is CCCCCCCCCCCCCCCCCCOC[C@H](COP(=O)(O)OC[C@@H]1CC[C@](C#N)(c2ccc3c(N)ncnn23)O1)OCc1ccc(Cl)cc1. The van der Waals surface area contributed by atoms with Gasteiger partial charge in [0, 0.05) is 11.6 Å². The predicted octanol–water partition coefficient (Wildman–Crippen LogP) is 9.86. The van der Waals surface area contributed by atoms with Crippen LogP contribution in [0.2, 0.25) is 5.02 Å². The van der Waals surface area contributed by atoms with Crippen LogP contribution in [0.25, 0.3) is 5.52 Å². The highest BCUT2D eigenvalue weighted by atomic mass is 35.5. The number of hydrogen-bond acceptors (Lipinski definition) is 10. The number of nitrogens with two attached hydrogens (primary N) is 1. The number of benzene rings is 1. The third-order valence-electron chi connectivity index (χ3n) is 9.95. The van der Waals surface area contributed by atoms with Crippen molar-refractivity contribution in [1.82, 2.24) is 14.6 Å². The summed E-state index contributed by atoms with van der Waals surface area (Å²) in [7, 11) is -4.49. The number of phosphoric acid groups is 1. The molecule has 300 valence electrons. The lowest BCUT2D eigenvalue weighted by Gasteiger charge is -2.23. The Labute approximate surface area is 326 Å². The quantitative estimate of drug-likeness (QED) is 0.0508. The maximum absolute atomic E-state index is 12.9. The number of ether oxygens (including phenoxy) is 3. The first kappa shape index (κ1) is 44.1. The first-order chi connectivity index (χ1) is 26.2. The summed E-state index contributed by atoms with van der Waals surface area (Å²) >= 11 is 6.03. The van der Waals surface area contributed by atoms with Crippen LogP contribution in [0.1, 0.15) is 134 Å². The zero-order valence-electron chi connectivity index (χ0n) is 32.0. The van der Waals surface area contributed by atoms with Crippen molar-refractivity contribution in [2.24, 2.45) is 0 Å². The number of fused-ring (bicyclic) bond motifs is 1. The third kappa shape index (κ3) is 15.2. The molecule has 3 heterocycles. The molecule has 0 bridgehead atoms. The summed E-state index contributed by atoms with van der Waals surface area (Å²) < 4.78 is 43.3. The van der Waals surface area contributed by atoms with Gasteiger partial charge in [0.2, 0.25) is 0 Å². The molecule has 0 saturated carbocycles. The Morgan fingerprint density at radius 1 is 0.963 bits per heavy atom. The van der Waals surface area contributed by atoms with Gasteiger partial charge in [-0.25, -0.2) is 14.1 Å². The topological polar surface area (TPSA) is 163 Å². The Kier molecular flexibility index (Phi) is 19.7. The highest BCUT2D eigenvalue weighted by Crippen LogP contribution is 2.46. The van der Waals surface area contributed by atoms with Gasteiger partial charge in [-0.15, -0.1) is 0 Å². The van der Waals surface area contributed by atoms with Crippen molar-refractivity contribution in [3.05, 3.63) is 59.0 Å². The molecule has 2 aromatic heterocycles. The molecule has 1 aliphatic rings. The Bertz CT molecular complexity index is 1590. The average molecular weight is 790 g/mol. The normalized spacial score (nSPS) is 18.9. The molecule has 12 nitrogen and oxygen atoms in total. The fraction of sp³-hybridized carbons (Fsp3) is 0.675. The lowest BCUT2D eigenvalue weighted by atomic mass is 9.98. The lowest BCUT2D eigenvalue weighted by molar-refractivity contribution is -0.0560. The van der Waals surface area contributed by atoms with Gasteiger partial charge in [-0.3, -0.25) is 9.05 Å². The van der Waals surface area contributed by atoms with Gasteiger partial charge in [0.15, 0.2) is 11.4 Å². The minimum atomic E-state index is -4.49. The van der Waals surface area contributed by atoms with Crippen LogP contribution in [0.15, 0.2) is 42.7 Å². The van der Waals surface area contributed by atoms with Crippen LogP contribution in [0.4, 0.5) is 5.82 Å². The Morgan fingerprint density at radius 2 is 1.59 bits per heavy atom. The van der Waals surface area contributed by atoms with Crippen molar-refractivity contribution < 1.29 is 32.7 Å². The first-order valence-corrected chi connectivity index (χ1v) is 21.9. The van der Waals surface area contributed by atoms with Gasteiger partial charge in [-0.05, 0) is 49.1 Å². The summed E-state index contributed by atoms with van der Waals surface area (Å²) in [5.41, 5.74) is 6.59. The van der Waals surface area contributed by atoms with Crippen molar-refractivity contribution in [2.75, 3.05) is 32.2 Å². The van der Waals surface area contributed by atoms with E-state index in [4.69, 9.17) is 40.6 Å². The molecule has 3 aromatic rings. The molecule has 0 spiro atoms. The van der Waals surface area contributed by atoms with E-state index in [9.17, 15) is 14.7 Å². The number of rotatable bonds is 29. The Morgan fingerprint density at radius 3 is 2.22 bits per heavy atom. The summed E-state index contributed by atoms with van der Waals surface area (Å²) in [4.78, 5) is 14.5. The molecular formula is C40H61ClN5O7P. The molecule has 54 heavy (non-hydrogen) atoms. The predicted molar refractivity (Wildman–Crippen MR) is 211 cm³/mol. The van der Waals surface area contributed by atoms with Crippen LogP contribution in [0.3, 0.4) is 0 Å². The van der Waals surface area contributed by atoms with Crippen LogP contribution in [-0.4, -0.2) is 58.1 Å². The van der Waals surface area contributed by atoms with Crippen molar-refractivity contribution in [3.8, 4) is 6.07 Å². The zero-order chi connectivity index (χ0) is 38.5. The summed E-state index contributed by atoms with van der Waals surface area (Å²) in [5.74, 6) is 0.279. The first-order valence-electron chi connectivity index (χ1n) is 20.0. The molecule has 1 unspecified atom stereocenters. The summed E-state index contributed by atoms with van der Waals surface area (Å²) in [6.45, 7) is 2.82. The van der Waals surface area contributed by atoms with E-state index in [2.05, 4.69) is 23.1 Å². The van der Waals surface area contributed by atoms with Gasteiger partial charge in [0.05, 0.1) is 38.2 Å². The molecule has 0 amide bonds. The lowest BCUT2D eigenvalue weighted by Crippen LogP contribution is -2.28. The second-order valence-electron chi connectivity index (χ2n) is 14.4. The van der Waals surface area contributed by atoms with E-state index in [-0.39, 0.29) is 32.2 Å². The number of nitrogen functional groups attached to an aromatic ring is 1. The van der Waals surface area contributed by atoms with E-state index in [0.717, 1.165) is 18.4 Å². The van der Waals surface area contributed by atoms with E-state index >= 15 is 0 Å². The van der Waals surface area contributed by atoms with Crippen LogP contribution >= 0.6 is 19.4 Å². The number of nitrogens with zero attached hydrogens (tertiary/aromatic N) is 4. The maximum Gasteiger partial charge on any atom is 0.472 e. The molecule has 1 fully saturated rings. The van der Waals surface area contributed by atoms with Gasteiger partial charge in [0.25, 0.3) is 0 Å². The second kappa shape index (κ2) is 24.1. The molecular weight excluding hydrogens is 729 g/mol. The van der Waals surface area contributed by atoms with E-state index in [1.165, 1.54) is 101 Å². The zero-order valence-corrected chi connectivity index (χ0v) is 33.7. The number of unbranched alkanes of at least 4 members (excludes halogenated alkanes) is 15. The number of anilines is 1. The van der Waals surface area contributed by atoms with Crippen LogP contribution in [0.5, 0.6) is 0 Å². The molecule has 0 aliphatic carbocycles. The smallest absolute Gasteiger partial charge is 0.382 e. The van der Waals surface area contributed by atoms with E-state index in [1.54, 1.807) is 24.3 Å². The second-order valence-corrected chi connectivity index (χ2v) is 16.3. The standard InChI is InChI=1S/C40H61ClN5O7P/c1-2-3-4-5-6-7-8-9-10-11-12-13-14-15-16-17-26-49-28-36(50-27-33-18-20-34(41)21-19-33)30-52-54(47,48)51-29-35-24-25-40(31-42,53-35)38-23-22-37-39(43)44-32-45-46(37)38/h18-23,32,35-36H,2-17,24-30H2,1H3,(H,47,48)(H2,43,44,45)/t35-,36+,40-/m0/s1. The van der Waals surface area contributed by atoms with Crippen molar-refractivity contribution in [1.29, 1.82) is 5.26 Å². The number of halogens is 1. The molecule has 1 saturated heterocycles. The monoisotopic (exact) mass is 789 g/mol. The van der Waals surface area contributed by atoms with Gasteiger partial charge < -0.3 is 24.8 Å². The van der Waals surface area contributed by atoms with Crippen molar-refractivity contribution in [2.45, 2.75) is 147 Å². The summed E-state index contributed by atoms with van der Waals surface area (Å²) in [6, 6.07) is 13.0. The van der Waals surface area contributed by atoms with E-state index in [0.29, 0.717) is 35.7 Å². The van der Waals surface area contributed by atoms with Crippen LogP contribution in [0, 0.1) is 11.3 Å². The number of nitriles is 1. The van der Waals surface area contributed by atoms with Gasteiger partial charge in [-0.1, -0.05) is 127 Å². The number of hydrogen-bond donors (Lipinski definition) is 2. The third-order valence-corrected chi connectivity index (χ3v) is 11.2. The highest BCUT2D eigenvalue weighted by molar-refractivity contribution is 7.47. The highest BCUT2D eigenvalue weighted by Gasteiger charge is 2.45. The van der Waals surface area contributed by atoms with Crippen LogP contribution < -0.4 is 5.73 Å². The van der Waals surface area contributed by atoms with E-state index < -0.39 is 25.6 Å². The summed E-state index contributed by atoms with van der Waals surface area (Å²) in [5, 5.41) is 15.0. The number of aromatic nitrogens is 3. The average Bonchev–Trinajstić information content (AvgIpc) is 3.81. The van der Waals surface area contributed by atoms with E-state index in [1.807, 2.05) is 12.1 Å². The van der Waals surface area contributed by atoms with Gasteiger partial charge in [0.1, 0.15) is 24.0 Å². The minimum absolute atomic E-state index is 0.197. The van der Waals surface area contributed by atoms with Crippen molar-refractivity contribution >= 4 is 30.8 Å². The molecule has 1 aliphatic heterocycles. The molecule has 14 heteroatoms. The maximum atomic E-state index is 12.9. The number of phosphoric ester groups is 1. The van der Waals surface area contributed by atoms with Gasteiger partial charge in [-0.2, -0.15) is 10.4 Å². The fourth-order valence-electron chi connectivity index (χ4n) is 6.77. The Hall–Kier alpha value is -2.59. The van der Waals surface area contributed by atoms with Crippen LogP contribution in [-0.2, 0) is 40.0 Å². The molecule has 1 aromatic carbocycles. The van der Waals surface area contributed by atoms with Gasteiger partial charge >= 0.3 is 7.82 Å². The Balaban J connectivity index is 1.12.